The second kappa shape index (κ2) is 10.4. The number of rotatable bonds is 4. The van der Waals surface area contributed by atoms with Crippen LogP contribution in [0.1, 0.15) is 38.3 Å². The second-order valence-electron chi connectivity index (χ2n) is 6.82. The molecule has 0 saturated carbocycles. The van der Waals surface area contributed by atoms with Gasteiger partial charge in [0.05, 0.1) is 19.6 Å². The summed E-state index contributed by atoms with van der Waals surface area (Å²) in [6.45, 7) is 1.57. The fraction of sp³-hybridized carbons (Fsp3) is 0.318. The first kappa shape index (κ1) is 21.3. The molecule has 1 aliphatic heterocycles. The van der Waals surface area contributed by atoms with Gasteiger partial charge in [0.25, 0.3) is 11.8 Å². The highest BCUT2D eigenvalue weighted by atomic mass is 16.5. The second-order valence-corrected chi connectivity index (χ2v) is 6.82. The van der Waals surface area contributed by atoms with Crippen molar-refractivity contribution in [3.63, 3.8) is 0 Å². The quantitative estimate of drug-likeness (QED) is 0.703. The van der Waals surface area contributed by atoms with Gasteiger partial charge in [-0.05, 0) is 41.5 Å². The van der Waals surface area contributed by atoms with Gasteiger partial charge in [0, 0.05) is 30.6 Å². The van der Waals surface area contributed by atoms with Crippen LogP contribution in [0.5, 0.6) is 5.75 Å². The Balaban J connectivity index is 1.85. The minimum absolute atomic E-state index is 0.0518. The summed E-state index contributed by atoms with van der Waals surface area (Å²) < 4.78 is 11.3. The van der Waals surface area contributed by atoms with Crippen molar-refractivity contribution in [2.24, 2.45) is 0 Å². The van der Waals surface area contributed by atoms with E-state index >= 15 is 0 Å². The first-order valence-electron chi connectivity index (χ1n) is 9.73. The van der Waals surface area contributed by atoms with Crippen LogP contribution in [0, 0.1) is 0 Å². The van der Waals surface area contributed by atoms with Crippen molar-refractivity contribution in [2.45, 2.75) is 12.8 Å². The van der Waals surface area contributed by atoms with E-state index < -0.39 is 5.97 Å². The zero-order chi connectivity index (χ0) is 21.3. The number of ether oxygens (including phenoxy) is 2. The smallest absolute Gasteiger partial charge is 0.305 e. The van der Waals surface area contributed by atoms with Crippen LogP contribution in [0.25, 0.3) is 0 Å². The van der Waals surface area contributed by atoms with Crippen molar-refractivity contribution in [3.05, 3.63) is 64.7 Å². The van der Waals surface area contributed by atoms with Crippen LogP contribution in [0.4, 0.5) is 0 Å². The van der Waals surface area contributed by atoms with Crippen LogP contribution < -0.4 is 15.4 Å². The van der Waals surface area contributed by atoms with Gasteiger partial charge in [0.15, 0.2) is 0 Å². The molecule has 0 aliphatic carbocycles. The number of fused-ring (bicyclic) bond motifs is 3. The average Bonchev–Trinajstić information content (AvgIpc) is 2.73. The maximum Gasteiger partial charge on any atom is 0.305 e. The molecule has 8 nitrogen and oxygen atoms in total. The number of hydrogen-bond acceptors (Lipinski definition) is 5. The van der Waals surface area contributed by atoms with Gasteiger partial charge < -0.3 is 25.2 Å². The molecule has 3 rings (SSSR count). The number of carboxylic acids is 1. The van der Waals surface area contributed by atoms with Gasteiger partial charge in [-0.25, -0.2) is 0 Å². The van der Waals surface area contributed by atoms with Crippen molar-refractivity contribution in [2.75, 3.05) is 32.9 Å². The molecule has 2 bridgehead atoms. The van der Waals surface area contributed by atoms with Crippen LogP contribution in [0.15, 0.2) is 42.5 Å². The number of amides is 2. The molecule has 0 radical (unpaired) electrons. The normalized spacial score (nSPS) is 14.5. The van der Waals surface area contributed by atoms with Gasteiger partial charge in [-0.2, -0.15) is 0 Å². The standard InChI is InChI=1S/C22H24N2O6/c25-20(26)6-7-23-22(28)17-4-5-19-18(14-17)13-15-2-1-3-16(12-15)21(27)24-8-9-29-10-11-30-19/h1-5,12,14H,6-11,13H2,(H,23,28)(H,24,27)(H,25,26). The highest BCUT2D eigenvalue weighted by Crippen LogP contribution is 2.24. The van der Waals surface area contributed by atoms with E-state index in [2.05, 4.69) is 10.6 Å². The zero-order valence-electron chi connectivity index (χ0n) is 16.5. The molecule has 0 saturated heterocycles. The first-order chi connectivity index (χ1) is 14.5. The third-order valence-electron chi connectivity index (χ3n) is 4.55. The van der Waals surface area contributed by atoms with Crippen LogP contribution in [0.2, 0.25) is 0 Å². The number of aliphatic carboxylic acids is 1. The Bertz CT molecular complexity index is 928. The van der Waals surface area contributed by atoms with Gasteiger partial charge in [-0.15, -0.1) is 0 Å². The molecule has 30 heavy (non-hydrogen) atoms. The molecule has 0 spiro atoms. The van der Waals surface area contributed by atoms with E-state index in [9.17, 15) is 14.4 Å². The van der Waals surface area contributed by atoms with Gasteiger partial charge in [-0.3, -0.25) is 14.4 Å². The predicted octanol–water partition coefficient (Wildman–Crippen LogP) is 1.62. The molecule has 1 aliphatic rings. The van der Waals surface area contributed by atoms with E-state index in [-0.39, 0.29) is 24.8 Å². The van der Waals surface area contributed by atoms with Crippen molar-refractivity contribution in [1.29, 1.82) is 0 Å². The minimum Gasteiger partial charge on any atom is -0.491 e. The molecule has 158 valence electrons. The monoisotopic (exact) mass is 412 g/mol. The molecule has 3 N–H and O–H groups in total. The lowest BCUT2D eigenvalue weighted by Crippen LogP contribution is -2.28. The summed E-state index contributed by atoms with van der Waals surface area (Å²) >= 11 is 0. The maximum absolute atomic E-state index is 12.4. The van der Waals surface area contributed by atoms with Gasteiger partial charge in [-0.1, -0.05) is 12.1 Å². The van der Waals surface area contributed by atoms with Crippen LogP contribution in [0.3, 0.4) is 0 Å². The summed E-state index contributed by atoms with van der Waals surface area (Å²) in [7, 11) is 0. The van der Waals surface area contributed by atoms with Gasteiger partial charge in [0.2, 0.25) is 0 Å². The van der Waals surface area contributed by atoms with E-state index in [1.165, 1.54) is 0 Å². The third-order valence-corrected chi connectivity index (χ3v) is 4.55. The number of benzene rings is 2. The molecule has 2 aromatic rings. The third kappa shape index (κ3) is 6.05. The van der Waals surface area contributed by atoms with Crippen LogP contribution >= 0.6 is 0 Å². The number of hydrogen-bond donors (Lipinski definition) is 3. The Morgan fingerprint density at radius 1 is 1.10 bits per heavy atom. The van der Waals surface area contributed by atoms with Crippen LogP contribution in [-0.4, -0.2) is 55.8 Å². The fourth-order valence-electron chi connectivity index (χ4n) is 3.08. The Hall–Kier alpha value is -3.39. The molecule has 0 unspecified atom stereocenters. The lowest BCUT2D eigenvalue weighted by molar-refractivity contribution is -0.136. The summed E-state index contributed by atoms with van der Waals surface area (Å²) in [5, 5.41) is 14.1. The maximum atomic E-state index is 12.4. The molecular weight excluding hydrogens is 388 g/mol. The van der Waals surface area contributed by atoms with Crippen molar-refractivity contribution < 1.29 is 29.0 Å². The molecular formula is C22H24N2O6. The lowest BCUT2D eigenvalue weighted by Gasteiger charge is -2.15. The van der Waals surface area contributed by atoms with Crippen molar-refractivity contribution in [3.8, 4) is 5.75 Å². The fourth-order valence-corrected chi connectivity index (χ4v) is 3.08. The molecule has 1 heterocycles. The Morgan fingerprint density at radius 3 is 2.80 bits per heavy atom. The van der Waals surface area contributed by atoms with E-state index in [1.807, 2.05) is 18.2 Å². The van der Waals surface area contributed by atoms with Crippen molar-refractivity contribution >= 4 is 17.8 Å². The molecule has 0 aromatic heterocycles. The lowest BCUT2D eigenvalue weighted by atomic mass is 9.99. The van der Waals surface area contributed by atoms with Crippen molar-refractivity contribution in [1.82, 2.24) is 10.6 Å². The highest BCUT2D eigenvalue weighted by molar-refractivity contribution is 5.95. The van der Waals surface area contributed by atoms with E-state index in [1.54, 1.807) is 24.3 Å². The van der Waals surface area contributed by atoms with E-state index in [0.717, 1.165) is 11.1 Å². The zero-order valence-corrected chi connectivity index (χ0v) is 16.5. The molecule has 0 fully saturated rings. The van der Waals surface area contributed by atoms with E-state index in [0.29, 0.717) is 49.7 Å². The largest absolute Gasteiger partial charge is 0.491 e. The SMILES string of the molecule is O=C(O)CCNC(=O)c1ccc2c(c1)Cc1cccc(c1)C(=O)NCCOCCO2. The number of carbonyl (C=O) groups excluding carboxylic acids is 2. The number of nitrogens with one attached hydrogen (secondary N) is 2. The summed E-state index contributed by atoms with van der Waals surface area (Å²) in [6, 6.07) is 12.4. The Labute approximate surface area is 174 Å². The topological polar surface area (TPSA) is 114 Å². The minimum atomic E-state index is -0.973. The summed E-state index contributed by atoms with van der Waals surface area (Å²) in [5.41, 5.74) is 2.66. The van der Waals surface area contributed by atoms with Gasteiger partial charge in [0.1, 0.15) is 12.4 Å². The molecule has 2 aromatic carbocycles. The molecule has 8 heteroatoms. The summed E-state index contributed by atoms with van der Waals surface area (Å²) in [4.78, 5) is 35.3. The summed E-state index contributed by atoms with van der Waals surface area (Å²) in [6.07, 6.45) is 0.322. The average molecular weight is 412 g/mol. The van der Waals surface area contributed by atoms with Gasteiger partial charge >= 0.3 is 5.97 Å². The predicted molar refractivity (Wildman–Crippen MR) is 109 cm³/mol. The molecule has 0 atom stereocenters. The number of carbonyl (C=O) groups is 3. The Morgan fingerprint density at radius 2 is 1.97 bits per heavy atom. The Kier molecular flexibility index (Phi) is 7.40. The van der Waals surface area contributed by atoms with Crippen LogP contribution in [-0.2, 0) is 16.0 Å². The number of carboxylic acid groups (broad SMARTS) is 1. The first-order valence-corrected chi connectivity index (χ1v) is 9.73. The molecule has 2 amide bonds. The van der Waals surface area contributed by atoms with E-state index in [4.69, 9.17) is 14.6 Å². The summed E-state index contributed by atoms with van der Waals surface area (Å²) in [5.74, 6) is -0.859. The highest BCUT2D eigenvalue weighted by Gasteiger charge is 2.13.